The number of rotatable bonds is 4. The Morgan fingerprint density at radius 2 is 1.87 bits per heavy atom. The van der Waals surface area contributed by atoms with E-state index in [0.717, 1.165) is 4.90 Å². The van der Waals surface area contributed by atoms with Gasteiger partial charge in [0.05, 0.1) is 11.6 Å². The molecule has 4 aromatic rings. The van der Waals surface area contributed by atoms with Crippen LogP contribution >= 0.6 is 0 Å². The van der Waals surface area contributed by atoms with Gasteiger partial charge in [-0.1, -0.05) is 35.5 Å². The van der Waals surface area contributed by atoms with Gasteiger partial charge >= 0.3 is 0 Å². The Labute approximate surface area is 175 Å². The van der Waals surface area contributed by atoms with Crippen molar-refractivity contribution in [2.75, 3.05) is 4.90 Å². The number of halogens is 1. The van der Waals surface area contributed by atoms with Gasteiger partial charge in [-0.3, -0.25) is 14.5 Å². The predicted molar refractivity (Wildman–Crippen MR) is 108 cm³/mol. The number of carbonyl (C=O) groups excluding carboxylic acids is 2. The van der Waals surface area contributed by atoms with Gasteiger partial charge in [0.15, 0.2) is 17.3 Å². The second kappa shape index (κ2) is 6.94. The molecule has 2 aromatic carbocycles. The summed E-state index contributed by atoms with van der Waals surface area (Å²) in [5.74, 6) is -2.13. The Bertz CT molecular complexity index is 1330. The fourth-order valence-electron chi connectivity index (χ4n) is 3.73. The molecule has 0 saturated heterocycles. The van der Waals surface area contributed by atoms with Crippen molar-refractivity contribution in [3.63, 3.8) is 0 Å². The van der Waals surface area contributed by atoms with E-state index in [4.69, 9.17) is 8.94 Å². The van der Waals surface area contributed by atoms with E-state index in [1.54, 1.807) is 37.3 Å². The first-order valence-electron chi connectivity index (χ1n) is 9.43. The zero-order chi connectivity index (χ0) is 21.7. The molecule has 0 bridgehead atoms. The van der Waals surface area contributed by atoms with Crippen LogP contribution in [-0.2, 0) is 4.79 Å². The number of benzene rings is 2. The number of furan rings is 1. The number of hydrogen-bond acceptors (Lipinski definition) is 6. The van der Waals surface area contributed by atoms with Crippen LogP contribution in [0.1, 0.15) is 27.9 Å². The molecule has 0 radical (unpaired) electrons. The van der Waals surface area contributed by atoms with Crippen LogP contribution in [0.5, 0.6) is 0 Å². The molecule has 31 heavy (non-hydrogen) atoms. The van der Waals surface area contributed by atoms with Gasteiger partial charge in [-0.15, -0.1) is 0 Å². The monoisotopic (exact) mass is 418 g/mol. The third-order valence-electron chi connectivity index (χ3n) is 5.15. The lowest BCUT2D eigenvalue weighted by Crippen LogP contribution is -2.31. The largest absolute Gasteiger partial charge is 0.503 e. The van der Waals surface area contributed by atoms with Gasteiger partial charge in [0.1, 0.15) is 17.2 Å². The van der Waals surface area contributed by atoms with Crippen molar-refractivity contribution >= 4 is 28.5 Å². The molecule has 1 aliphatic heterocycles. The number of para-hydroxylation sites is 1. The minimum atomic E-state index is -1.04. The molecule has 8 heteroatoms. The summed E-state index contributed by atoms with van der Waals surface area (Å²) in [4.78, 5) is 27.5. The number of hydrogen-bond donors (Lipinski definition) is 1. The molecule has 2 aromatic heterocycles. The van der Waals surface area contributed by atoms with Gasteiger partial charge in [0.25, 0.3) is 5.91 Å². The summed E-state index contributed by atoms with van der Waals surface area (Å²) in [5, 5.41) is 15.2. The van der Waals surface area contributed by atoms with E-state index in [2.05, 4.69) is 5.16 Å². The van der Waals surface area contributed by atoms with E-state index < -0.39 is 29.3 Å². The standard InChI is InChI=1S/C23H15FN2O5/c1-12-10-18(25-31-12)26-20(13-6-8-15(24)9-7-13)19(22(28)23(26)29)21(27)17-11-14-4-2-3-5-16(14)30-17/h2-11,20,28H,1H3/t20-/m0/s1. The van der Waals surface area contributed by atoms with E-state index >= 15 is 0 Å². The molecule has 5 rings (SSSR count). The summed E-state index contributed by atoms with van der Waals surface area (Å²) in [7, 11) is 0. The van der Waals surface area contributed by atoms with Crippen LogP contribution in [0.25, 0.3) is 11.0 Å². The molecule has 1 aliphatic rings. The average Bonchev–Trinajstić information content (AvgIpc) is 3.45. The number of nitrogens with zero attached hydrogens (tertiary/aromatic N) is 2. The number of amides is 1. The number of aryl methyl sites for hydroxylation is 1. The lowest BCUT2D eigenvalue weighted by Gasteiger charge is -2.24. The molecular weight excluding hydrogens is 403 g/mol. The second-order valence-electron chi connectivity index (χ2n) is 7.16. The van der Waals surface area contributed by atoms with Crippen molar-refractivity contribution in [1.82, 2.24) is 5.16 Å². The van der Waals surface area contributed by atoms with Crippen LogP contribution in [0.4, 0.5) is 10.2 Å². The van der Waals surface area contributed by atoms with Gasteiger partial charge in [-0.2, -0.15) is 0 Å². The maximum atomic E-state index is 13.5. The van der Waals surface area contributed by atoms with Crippen LogP contribution < -0.4 is 4.90 Å². The summed E-state index contributed by atoms with van der Waals surface area (Å²) in [5.41, 5.74) is 0.729. The van der Waals surface area contributed by atoms with E-state index in [1.165, 1.54) is 30.3 Å². The Kier molecular flexibility index (Phi) is 4.21. The highest BCUT2D eigenvalue weighted by Gasteiger charge is 2.46. The van der Waals surface area contributed by atoms with Gasteiger partial charge in [-0.05, 0) is 36.8 Å². The van der Waals surface area contributed by atoms with Gasteiger partial charge in [-0.25, -0.2) is 4.39 Å². The minimum Gasteiger partial charge on any atom is -0.503 e. The minimum absolute atomic E-state index is 0.0270. The van der Waals surface area contributed by atoms with E-state index in [9.17, 15) is 19.1 Å². The van der Waals surface area contributed by atoms with Gasteiger partial charge < -0.3 is 14.0 Å². The molecular formula is C23H15FN2O5. The highest BCUT2D eigenvalue weighted by molar-refractivity contribution is 6.20. The van der Waals surface area contributed by atoms with E-state index in [0.29, 0.717) is 22.3 Å². The fourth-order valence-corrected chi connectivity index (χ4v) is 3.73. The Morgan fingerprint density at radius 1 is 1.13 bits per heavy atom. The first-order chi connectivity index (χ1) is 14.9. The molecule has 3 heterocycles. The van der Waals surface area contributed by atoms with Crippen LogP contribution in [0.3, 0.4) is 0 Å². The summed E-state index contributed by atoms with van der Waals surface area (Å²) in [6.07, 6.45) is 0. The molecule has 0 unspecified atom stereocenters. The topological polar surface area (TPSA) is 96.8 Å². The first-order valence-corrected chi connectivity index (χ1v) is 9.43. The van der Waals surface area contributed by atoms with Gasteiger partial charge in [0, 0.05) is 11.5 Å². The normalized spacial score (nSPS) is 16.5. The van der Waals surface area contributed by atoms with Crippen molar-refractivity contribution < 1.29 is 28.0 Å². The maximum Gasteiger partial charge on any atom is 0.295 e. The summed E-state index contributed by atoms with van der Waals surface area (Å²) in [6.45, 7) is 1.65. The highest BCUT2D eigenvalue weighted by atomic mass is 19.1. The quantitative estimate of drug-likeness (QED) is 0.485. The van der Waals surface area contributed by atoms with Crippen molar-refractivity contribution in [1.29, 1.82) is 0 Å². The SMILES string of the molecule is Cc1cc(N2C(=O)C(O)=C(C(=O)c3cc4ccccc4o3)[C@@H]2c2ccc(F)cc2)no1. The van der Waals surface area contributed by atoms with Gasteiger partial charge in [0.2, 0.25) is 5.78 Å². The van der Waals surface area contributed by atoms with Crippen molar-refractivity contribution in [2.45, 2.75) is 13.0 Å². The summed E-state index contributed by atoms with van der Waals surface area (Å²) in [6, 6.07) is 14.4. The van der Waals surface area contributed by atoms with Crippen molar-refractivity contribution in [3.8, 4) is 0 Å². The Hall–Kier alpha value is -4.20. The first kappa shape index (κ1) is 18.8. The van der Waals surface area contributed by atoms with Crippen LogP contribution in [-0.4, -0.2) is 22.0 Å². The Balaban J connectivity index is 1.66. The molecule has 154 valence electrons. The average molecular weight is 418 g/mol. The maximum absolute atomic E-state index is 13.5. The van der Waals surface area contributed by atoms with Crippen molar-refractivity contribution in [2.24, 2.45) is 0 Å². The third kappa shape index (κ3) is 3.00. The molecule has 1 amide bonds. The highest BCUT2D eigenvalue weighted by Crippen LogP contribution is 2.42. The smallest absolute Gasteiger partial charge is 0.295 e. The molecule has 7 nitrogen and oxygen atoms in total. The molecule has 0 fully saturated rings. The van der Waals surface area contributed by atoms with Crippen LogP contribution in [0.2, 0.25) is 0 Å². The number of fused-ring (bicyclic) bond motifs is 1. The van der Waals surface area contributed by atoms with E-state index in [-0.39, 0.29) is 17.2 Å². The Morgan fingerprint density at radius 3 is 2.55 bits per heavy atom. The molecule has 1 N–H and O–H groups in total. The summed E-state index contributed by atoms with van der Waals surface area (Å²) >= 11 is 0. The number of aliphatic hydroxyl groups is 1. The number of Topliss-reactive ketones (excluding diaryl/α,β-unsaturated/α-hetero) is 1. The molecule has 0 saturated carbocycles. The second-order valence-corrected chi connectivity index (χ2v) is 7.16. The van der Waals surface area contributed by atoms with E-state index in [1.807, 2.05) is 0 Å². The fraction of sp³-hybridized carbons (Fsp3) is 0.0870. The zero-order valence-corrected chi connectivity index (χ0v) is 16.2. The lowest BCUT2D eigenvalue weighted by atomic mass is 9.95. The zero-order valence-electron chi connectivity index (χ0n) is 16.2. The number of ketones is 1. The number of aliphatic hydroxyl groups excluding tert-OH is 1. The lowest BCUT2D eigenvalue weighted by molar-refractivity contribution is -0.117. The van der Waals surface area contributed by atoms with Crippen molar-refractivity contribution in [3.05, 3.63) is 94.9 Å². The summed E-state index contributed by atoms with van der Waals surface area (Å²) < 4.78 is 24.3. The molecule has 1 atom stereocenters. The number of carbonyl (C=O) groups is 2. The predicted octanol–water partition coefficient (Wildman–Crippen LogP) is 4.65. The number of aromatic nitrogens is 1. The number of anilines is 1. The molecule has 0 spiro atoms. The molecule has 0 aliphatic carbocycles. The third-order valence-corrected chi connectivity index (χ3v) is 5.15. The van der Waals surface area contributed by atoms with Crippen LogP contribution in [0.15, 0.2) is 80.9 Å². The van der Waals surface area contributed by atoms with Crippen LogP contribution in [0, 0.1) is 12.7 Å².